The number of allylic oxidation sites excluding steroid dienone is 4. The summed E-state index contributed by atoms with van der Waals surface area (Å²) in [5, 5.41) is 0. The molecule has 2 nitrogen and oxygen atoms in total. The van der Waals surface area contributed by atoms with E-state index in [0.29, 0.717) is 11.3 Å². The van der Waals surface area contributed by atoms with Gasteiger partial charge in [0.25, 0.3) is 0 Å². The van der Waals surface area contributed by atoms with Crippen molar-refractivity contribution in [1.82, 2.24) is 0 Å². The van der Waals surface area contributed by atoms with Crippen molar-refractivity contribution >= 4 is 11.1 Å². The summed E-state index contributed by atoms with van der Waals surface area (Å²) in [7, 11) is 0. The molecule has 56 valence electrons. The molecule has 10 heavy (non-hydrogen) atoms. The fourth-order valence-electron chi connectivity index (χ4n) is 0.738. The van der Waals surface area contributed by atoms with E-state index in [1.54, 1.807) is 0 Å². The van der Waals surface area contributed by atoms with Gasteiger partial charge in [-0.25, -0.2) is 8.60 Å². The summed E-state index contributed by atoms with van der Waals surface area (Å²) in [5.74, 6) is -0.228. The highest BCUT2D eigenvalue weighted by Gasteiger charge is 2.09. The summed E-state index contributed by atoms with van der Waals surface area (Å²) in [5.41, 5.74) is 0. The van der Waals surface area contributed by atoms with Crippen LogP contribution in [0.4, 0.5) is 4.39 Å². The van der Waals surface area contributed by atoms with Gasteiger partial charge in [0.15, 0.2) is 11.1 Å². The summed E-state index contributed by atoms with van der Waals surface area (Å²) in [6.07, 6.45) is 3.19. The second-order valence-electron chi connectivity index (χ2n) is 2.00. The van der Waals surface area contributed by atoms with Gasteiger partial charge in [-0.2, -0.15) is 0 Å². The van der Waals surface area contributed by atoms with Crippen LogP contribution in [0.25, 0.3) is 0 Å². The van der Waals surface area contributed by atoms with Gasteiger partial charge >= 0.3 is 0 Å². The molecule has 0 bridgehead atoms. The van der Waals surface area contributed by atoms with Crippen LogP contribution in [0.3, 0.4) is 0 Å². The van der Waals surface area contributed by atoms with Crippen molar-refractivity contribution in [3.63, 3.8) is 0 Å². The van der Waals surface area contributed by atoms with Crippen LogP contribution >= 0.6 is 0 Å². The molecule has 0 spiro atoms. The van der Waals surface area contributed by atoms with Crippen molar-refractivity contribution in [3.8, 4) is 0 Å². The van der Waals surface area contributed by atoms with E-state index >= 15 is 0 Å². The lowest BCUT2D eigenvalue weighted by Crippen LogP contribution is -1.96. The molecular weight excluding hydrogens is 155 g/mol. The maximum absolute atomic E-state index is 12.3. The highest BCUT2D eigenvalue weighted by Crippen LogP contribution is 2.20. The molecule has 1 atom stereocenters. The SMILES string of the molecule is O=S(O)C1=CC=C(F)CC1. The lowest BCUT2D eigenvalue weighted by molar-refractivity contribution is 0.560. The molecule has 0 aromatic carbocycles. The molecule has 4 heteroatoms. The van der Waals surface area contributed by atoms with Crippen molar-refractivity contribution in [2.45, 2.75) is 12.8 Å². The molecule has 0 radical (unpaired) electrons. The van der Waals surface area contributed by atoms with Gasteiger partial charge < -0.3 is 4.55 Å². The van der Waals surface area contributed by atoms with E-state index < -0.39 is 11.1 Å². The molecule has 0 saturated heterocycles. The third-order valence-corrected chi connectivity index (χ3v) is 2.07. The molecule has 0 fully saturated rings. The van der Waals surface area contributed by atoms with Crippen molar-refractivity contribution in [1.29, 1.82) is 0 Å². The van der Waals surface area contributed by atoms with Crippen LogP contribution < -0.4 is 0 Å². The Balaban J connectivity index is 2.74. The van der Waals surface area contributed by atoms with Crippen LogP contribution in [0.1, 0.15) is 12.8 Å². The van der Waals surface area contributed by atoms with Gasteiger partial charge in [-0.3, -0.25) is 0 Å². The minimum Gasteiger partial charge on any atom is -0.302 e. The van der Waals surface area contributed by atoms with Gasteiger partial charge in [-0.15, -0.1) is 0 Å². The average molecular weight is 162 g/mol. The Kier molecular flexibility index (Phi) is 2.34. The number of hydrogen-bond acceptors (Lipinski definition) is 1. The summed E-state index contributed by atoms with van der Waals surface area (Å²) >= 11 is -1.92. The van der Waals surface area contributed by atoms with Gasteiger partial charge in [0.2, 0.25) is 0 Å². The second kappa shape index (κ2) is 3.07. The molecule has 1 N–H and O–H groups in total. The smallest absolute Gasteiger partial charge is 0.182 e. The van der Waals surface area contributed by atoms with E-state index in [1.165, 1.54) is 12.2 Å². The molecule has 0 heterocycles. The van der Waals surface area contributed by atoms with E-state index in [2.05, 4.69) is 0 Å². The molecule has 1 rings (SSSR count). The molecule has 1 unspecified atom stereocenters. The van der Waals surface area contributed by atoms with Crippen LogP contribution in [-0.2, 0) is 11.1 Å². The Labute approximate surface area is 60.7 Å². The third-order valence-electron chi connectivity index (χ3n) is 1.28. The topological polar surface area (TPSA) is 37.3 Å². The number of halogens is 1. The minimum atomic E-state index is -1.92. The van der Waals surface area contributed by atoms with Crippen LogP contribution in [0.2, 0.25) is 0 Å². The lowest BCUT2D eigenvalue weighted by Gasteiger charge is -2.04. The normalized spacial score (nSPS) is 21.4. The van der Waals surface area contributed by atoms with Crippen molar-refractivity contribution < 1.29 is 13.2 Å². The van der Waals surface area contributed by atoms with E-state index in [1.807, 2.05) is 0 Å². The maximum Gasteiger partial charge on any atom is 0.182 e. The van der Waals surface area contributed by atoms with Crippen molar-refractivity contribution in [2.24, 2.45) is 0 Å². The first-order valence-electron chi connectivity index (χ1n) is 2.86. The zero-order chi connectivity index (χ0) is 7.56. The minimum absolute atomic E-state index is 0.228. The molecule has 1 aliphatic rings. The van der Waals surface area contributed by atoms with Crippen molar-refractivity contribution in [3.05, 3.63) is 22.9 Å². The van der Waals surface area contributed by atoms with Gasteiger partial charge in [0.1, 0.15) is 5.83 Å². The van der Waals surface area contributed by atoms with Gasteiger partial charge in [-0.1, -0.05) is 0 Å². The van der Waals surface area contributed by atoms with Crippen molar-refractivity contribution in [2.75, 3.05) is 0 Å². The van der Waals surface area contributed by atoms with Gasteiger partial charge in [0.05, 0.1) is 0 Å². The third kappa shape index (κ3) is 1.75. The second-order valence-corrected chi connectivity index (χ2v) is 3.02. The van der Waals surface area contributed by atoms with Crippen LogP contribution in [0.5, 0.6) is 0 Å². The average Bonchev–Trinajstić information content (AvgIpc) is 1.88. The van der Waals surface area contributed by atoms with E-state index in [9.17, 15) is 8.60 Å². The standard InChI is InChI=1S/C6H7FO2S/c7-5-1-3-6(4-2-5)10(8)9/h1,3H,2,4H2,(H,8,9). The van der Waals surface area contributed by atoms with E-state index in [0.717, 1.165) is 0 Å². The first-order chi connectivity index (χ1) is 4.70. The Morgan fingerprint density at radius 1 is 1.50 bits per heavy atom. The maximum atomic E-state index is 12.3. The molecule has 0 saturated carbocycles. The fraction of sp³-hybridized carbons (Fsp3) is 0.333. The number of rotatable bonds is 1. The molecule has 0 aromatic heterocycles. The lowest BCUT2D eigenvalue weighted by atomic mass is 10.2. The Bertz CT molecular complexity index is 220. The summed E-state index contributed by atoms with van der Waals surface area (Å²) in [6.45, 7) is 0. The molecule has 0 aliphatic heterocycles. The van der Waals surface area contributed by atoms with Gasteiger partial charge in [0, 0.05) is 11.3 Å². The Hall–Kier alpha value is -0.480. The zero-order valence-electron chi connectivity index (χ0n) is 5.21. The quantitative estimate of drug-likeness (QED) is 0.596. The zero-order valence-corrected chi connectivity index (χ0v) is 6.03. The first kappa shape index (κ1) is 7.63. The monoisotopic (exact) mass is 162 g/mol. The summed E-state index contributed by atoms with van der Waals surface area (Å²) in [4.78, 5) is 0.390. The predicted molar refractivity (Wildman–Crippen MR) is 37.3 cm³/mol. The number of hydrogen-bond donors (Lipinski definition) is 1. The Morgan fingerprint density at radius 2 is 2.20 bits per heavy atom. The molecular formula is C6H7FO2S. The summed E-state index contributed by atoms with van der Waals surface area (Å²) < 4.78 is 31.1. The van der Waals surface area contributed by atoms with Gasteiger partial charge in [-0.05, 0) is 18.6 Å². The van der Waals surface area contributed by atoms with E-state index in [-0.39, 0.29) is 12.2 Å². The van der Waals surface area contributed by atoms with Crippen LogP contribution in [0.15, 0.2) is 22.9 Å². The fourth-order valence-corrected chi connectivity index (χ4v) is 1.20. The van der Waals surface area contributed by atoms with E-state index in [4.69, 9.17) is 4.55 Å². The summed E-state index contributed by atoms with van der Waals surface area (Å²) in [6, 6.07) is 0. The first-order valence-corrected chi connectivity index (χ1v) is 3.97. The molecule has 0 aromatic rings. The molecule has 1 aliphatic carbocycles. The van der Waals surface area contributed by atoms with Crippen LogP contribution in [-0.4, -0.2) is 8.76 Å². The van der Waals surface area contributed by atoms with Crippen LogP contribution in [0, 0.1) is 0 Å². The Morgan fingerprint density at radius 3 is 2.60 bits per heavy atom. The largest absolute Gasteiger partial charge is 0.302 e. The molecule has 0 amide bonds. The predicted octanol–water partition coefficient (Wildman–Crippen LogP) is 1.74. The highest BCUT2D eigenvalue weighted by atomic mass is 32.2. The highest BCUT2D eigenvalue weighted by molar-refractivity contribution is 7.83.